The molecule has 180 valence electrons. The molecular weight excluding hydrogens is 480 g/mol. The second-order valence-electron chi connectivity index (χ2n) is 8.58. The monoisotopic (exact) mass is 506 g/mol. The first-order valence-corrected chi connectivity index (χ1v) is 12.4. The van der Waals surface area contributed by atoms with Crippen molar-refractivity contribution in [3.05, 3.63) is 87.2 Å². The van der Waals surface area contributed by atoms with Gasteiger partial charge in [-0.25, -0.2) is 4.68 Å². The first kappa shape index (κ1) is 24.7. The number of aromatic nitrogens is 2. The van der Waals surface area contributed by atoms with E-state index in [4.69, 9.17) is 12.2 Å². The molecule has 1 fully saturated rings. The lowest BCUT2D eigenvalue weighted by atomic mass is 10.0. The van der Waals surface area contributed by atoms with Crippen molar-refractivity contribution in [3.8, 4) is 5.69 Å². The lowest BCUT2D eigenvalue weighted by molar-refractivity contribution is -0.131. The maximum atomic E-state index is 13.5. The molecule has 1 aromatic heterocycles. The molecule has 1 aliphatic rings. The van der Waals surface area contributed by atoms with Crippen LogP contribution in [0, 0.1) is 12.8 Å². The van der Waals surface area contributed by atoms with Crippen LogP contribution in [0.15, 0.2) is 70.4 Å². The van der Waals surface area contributed by atoms with Gasteiger partial charge in [0.15, 0.2) is 0 Å². The number of carbonyl (C=O) groups excluding carboxylic acids is 2. The van der Waals surface area contributed by atoms with E-state index in [9.17, 15) is 14.4 Å². The Balaban J connectivity index is 1.65. The lowest BCUT2D eigenvalue weighted by Gasteiger charge is -2.28. The van der Waals surface area contributed by atoms with Crippen LogP contribution in [0.25, 0.3) is 11.8 Å². The number of para-hydroxylation sites is 1. The fraction of sp³-hybridized carbons (Fsp3) is 0.231. The van der Waals surface area contributed by atoms with Crippen LogP contribution in [0.4, 0.5) is 5.69 Å². The number of nitrogens with zero attached hydrogens (tertiary/aromatic N) is 3. The fourth-order valence-corrected chi connectivity index (χ4v) is 5.38. The number of thiocarbonyl (C=S) groups is 1. The molecule has 2 amide bonds. The third kappa shape index (κ3) is 4.74. The molecule has 0 radical (unpaired) electrons. The minimum Gasteiger partial charge on any atom is -0.318 e. The molecule has 35 heavy (non-hydrogen) atoms. The molecule has 0 unspecified atom stereocenters. The van der Waals surface area contributed by atoms with E-state index in [2.05, 4.69) is 5.32 Å². The Morgan fingerprint density at radius 2 is 1.63 bits per heavy atom. The average Bonchev–Trinajstić information content (AvgIpc) is 3.22. The van der Waals surface area contributed by atoms with E-state index in [0.717, 1.165) is 5.56 Å². The Hall–Kier alpha value is -3.43. The van der Waals surface area contributed by atoms with Crippen molar-refractivity contribution in [2.45, 2.75) is 26.8 Å². The highest BCUT2D eigenvalue weighted by atomic mass is 32.2. The van der Waals surface area contributed by atoms with Gasteiger partial charge in [0.2, 0.25) is 5.91 Å². The van der Waals surface area contributed by atoms with Gasteiger partial charge in [0.1, 0.15) is 16.0 Å². The van der Waals surface area contributed by atoms with Crippen LogP contribution < -0.4 is 10.9 Å². The summed E-state index contributed by atoms with van der Waals surface area (Å²) >= 11 is 6.68. The first-order chi connectivity index (χ1) is 16.7. The van der Waals surface area contributed by atoms with Gasteiger partial charge in [-0.05, 0) is 36.6 Å². The molecule has 2 heterocycles. The van der Waals surface area contributed by atoms with Crippen molar-refractivity contribution in [2.75, 3.05) is 5.32 Å². The Morgan fingerprint density at radius 1 is 1.03 bits per heavy atom. The van der Waals surface area contributed by atoms with Gasteiger partial charge in [-0.3, -0.25) is 24.0 Å². The topological polar surface area (TPSA) is 76.3 Å². The van der Waals surface area contributed by atoms with Crippen molar-refractivity contribution in [2.24, 2.45) is 13.0 Å². The smallest absolute Gasteiger partial charge is 0.295 e. The molecule has 0 aliphatic carbocycles. The van der Waals surface area contributed by atoms with Crippen molar-refractivity contribution in [1.82, 2.24) is 14.3 Å². The van der Waals surface area contributed by atoms with E-state index >= 15 is 0 Å². The summed E-state index contributed by atoms with van der Waals surface area (Å²) in [6.45, 7) is 5.47. The zero-order valence-corrected chi connectivity index (χ0v) is 21.5. The predicted octanol–water partition coefficient (Wildman–Crippen LogP) is 4.35. The fourth-order valence-electron chi connectivity index (χ4n) is 4.05. The predicted molar refractivity (Wildman–Crippen MR) is 144 cm³/mol. The Bertz CT molecular complexity index is 1370. The van der Waals surface area contributed by atoms with E-state index in [0.29, 0.717) is 20.6 Å². The zero-order chi connectivity index (χ0) is 25.3. The van der Waals surface area contributed by atoms with Crippen LogP contribution >= 0.6 is 24.0 Å². The lowest BCUT2D eigenvalue weighted by Crippen LogP contribution is -2.49. The molecule has 9 heteroatoms. The molecule has 1 saturated heterocycles. The average molecular weight is 507 g/mol. The summed E-state index contributed by atoms with van der Waals surface area (Å²) in [5, 5.41) is 2.80. The largest absolute Gasteiger partial charge is 0.318 e. The minimum absolute atomic E-state index is 0.178. The highest BCUT2D eigenvalue weighted by Gasteiger charge is 2.42. The van der Waals surface area contributed by atoms with Gasteiger partial charge in [-0.2, -0.15) is 0 Å². The summed E-state index contributed by atoms with van der Waals surface area (Å²) in [7, 11) is 1.76. The standard InChI is InChI=1S/C26H26N4O3S2/c1-16(2)22(29-24(32)20(35-26(29)34)15-18-11-7-5-8-12-18)23(31)27-21-17(3)28(4)30(25(21)33)19-13-9-6-10-14-19/h5-16,22H,1-4H3,(H,27,31)/b20-15+/t22-/m0/s1. The van der Waals surface area contributed by atoms with Gasteiger partial charge < -0.3 is 5.32 Å². The van der Waals surface area contributed by atoms with Crippen molar-refractivity contribution in [1.29, 1.82) is 0 Å². The molecular formula is C26H26N4O3S2. The highest BCUT2D eigenvalue weighted by molar-refractivity contribution is 8.26. The van der Waals surface area contributed by atoms with E-state index in [1.807, 2.05) is 74.5 Å². The van der Waals surface area contributed by atoms with Gasteiger partial charge in [0.05, 0.1) is 16.3 Å². The molecule has 3 aromatic rings. The summed E-state index contributed by atoms with van der Waals surface area (Å²) in [6.07, 6.45) is 1.77. The van der Waals surface area contributed by atoms with E-state index in [-0.39, 0.29) is 23.1 Å². The molecule has 2 aromatic carbocycles. The van der Waals surface area contributed by atoms with E-state index < -0.39 is 11.9 Å². The summed E-state index contributed by atoms with van der Waals surface area (Å²) in [4.78, 5) is 41.9. The van der Waals surface area contributed by atoms with Crippen LogP contribution in [0.5, 0.6) is 0 Å². The molecule has 0 saturated carbocycles. The normalized spacial score (nSPS) is 15.8. The Kier molecular flexibility index (Phi) is 7.09. The van der Waals surface area contributed by atoms with Gasteiger partial charge in [-0.15, -0.1) is 0 Å². The summed E-state index contributed by atoms with van der Waals surface area (Å²) in [6, 6.07) is 17.8. The third-order valence-electron chi connectivity index (χ3n) is 5.90. The third-order valence-corrected chi connectivity index (χ3v) is 7.23. The van der Waals surface area contributed by atoms with Gasteiger partial charge in [-0.1, -0.05) is 86.4 Å². The van der Waals surface area contributed by atoms with Crippen LogP contribution in [0.1, 0.15) is 25.1 Å². The van der Waals surface area contributed by atoms with E-state index in [1.165, 1.54) is 21.3 Å². The second-order valence-corrected chi connectivity index (χ2v) is 10.3. The molecule has 1 N–H and O–H groups in total. The zero-order valence-electron chi connectivity index (χ0n) is 19.9. The summed E-state index contributed by atoms with van der Waals surface area (Å²) < 4.78 is 3.51. The quantitative estimate of drug-likeness (QED) is 0.397. The number of carbonyl (C=O) groups is 2. The molecule has 1 atom stereocenters. The van der Waals surface area contributed by atoms with Crippen LogP contribution in [0.2, 0.25) is 0 Å². The second kappa shape index (κ2) is 10.1. The number of hydrogen-bond donors (Lipinski definition) is 1. The van der Waals surface area contributed by atoms with Crippen molar-refractivity contribution in [3.63, 3.8) is 0 Å². The minimum atomic E-state index is -0.867. The van der Waals surface area contributed by atoms with Gasteiger partial charge in [0.25, 0.3) is 11.5 Å². The van der Waals surface area contributed by atoms with Crippen molar-refractivity contribution < 1.29 is 9.59 Å². The Morgan fingerprint density at radius 3 is 2.23 bits per heavy atom. The number of nitrogens with one attached hydrogen (secondary N) is 1. The SMILES string of the molecule is Cc1c(NC(=O)[C@H](C(C)C)N2C(=O)/C(=C\c3ccccc3)SC2=S)c(=O)n(-c2ccccc2)n1C. The number of benzene rings is 2. The molecule has 7 nitrogen and oxygen atoms in total. The van der Waals surface area contributed by atoms with Crippen LogP contribution in [0.3, 0.4) is 0 Å². The maximum absolute atomic E-state index is 13.5. The van der Waals surface area contributed by atoms with Gasteiger partial charge in [0, 0.05) is 7.05 Å². The number of anilines is 1. The first-order valence-electron chi connectivity index (χ1n) is 11.2. The van der Waals surface area contributed by atoms with E-state index in [1.54, 1.807) is 24.7 Å². The summed E-state index contributed by atoms with van der Waals surface area (Å²) in [5.74, 6) is -1.01. The summed E-state index contributed by atoms with van der Waals surface area (Å²) in [5.41, 5.74) is 2.00. The number of rotatable bonds is 6. The van der Waals surface area contributed by atoms with Crippen molar-refractivity contribution >= 4 is 51.9 Å². The van der Waals surface area contributed by atoms with Gasteiger partial charge >= 0.3 is 0 Å². The number of thioether (sulfide) groups is 1. The molecule has 4 rings (SSSR count). The molecule has 0 spiro atoms. The molecule has 0 bridgehead atoms. The highest BCUT2D eigenvalue weighted by Crippen LogP contribution is 2.35. The van der Waals surface area contributed by atoms with Crippen LogP contribution in [-0.2, 0) is 16.6 Å². The maximum Gasteiger partial charge on any atom is 0.295 e. The number of amides is 2. The van der Waals surface area contributed by atoms with Crippen LogP contribution in [-0.4, -0.2) is 36.4 Å². The Labute approximate surface area is 213 Å². The number of hydrogen-bond acceptors (Lipinski definition) is 5. The molecule has 1 aliphatic heterocycles.